The van der Waals surface area contributed by atoms with Gasteiger partial charge in [0.25, 0.3) is 0 Å². The molecule has 0 radical (unpaired) electrons. The first-order valence-corrected chi connectivity index (χ1v) is 5.87. The van der Waals surface area contributed by atoms with Crippen LogP contribution >= 0.6 is 47.2 Å². The third-order valence-electron chi connectivity index (χ3n) is 0.643. The van der Waals surface area contributed by atoms with Crippen LogP contribution in [0.15, 0.2) is 0 Å². The molecule has 0 aliphatic rings. The van der Waals surface area contributed by atoms with Crippen molar-refractivity contribution in [3.8, 4) is 0 Å². The molecule has 2 nitrogen and oxygen atoms in total. The normalized spacial score (nSPS) is 12.3. The molecule has 0 aliphatic heterocycles. The van der Waals surface area contributed by atoms with Gasteiger partial charge in [-0.2, -0.15) is 0 Å². The van der Waals surface area contributed by atoms with E-state index in [-0.39, 0.29) is 0 Å². The van der Waals surface area contributed by atoms with E-state index in [1.807, 2.05) is 0 Å². The van der Waals surface area contributed by atoms with E-state index in [0.717, 1.165) is 34.9 Å². The predicted molar refractivity (Wildman–Crippen MR) is 55.5 cm³/mol. The van der Waals surface area contributed by atoms with Gasteiger partial charge in [-0.05, 0) is 47.2 Å². The molecule has 0 amide bonds. The Morgan fingerprint density at radius 2 is 1.44 bits per heavy atom. The summed E-state index contributed by atoms with van der Waals surface area (Å²) in [6, 6.07) is 0. The molecule has 1 aromatic rings. The number of hydrogen-bond donors (Lipinski definition) is 2. The van der Waals surface area contributed by atoms with Crippen LogP contribution in [0.3, 0.4) is 0 Å². The van der Waals surface area contributed by atoms with E-state index in [1.54, 1.807) is 0 Å². The molecule has 1 aromatic heterocycles. The summed E-state index contributed by atoms with van der Waals surface area (Å²) in [5, 5.41) is 1.88. The molecule has 0 aromatic carbocycles. The Kier molecular flexibility index (Phi) is 3.23. The highest BCUT2D eigenvalue weighted by atomic mass is 127. The second-order valence-corrected chi connectivity index (χ2v) is 8.66. The van der Waals surface area contributed by atoms with Crippen LogP contribution in [0, 0.1) is 3.03 Å². The van der Waals surface area contributed by atoms with Gasteiger partial charge in [-0.3, -0.25) is 11.5 Å². The van der Waals surface area contributed by atoms with Gasteiger partial charge >= 0.3 is 0 Å². The van der Waals surface area contributed by atoms with Crippen molar-refractivity contribution in [2.45, 2.75) is 0 Å². The molecule has 0 saturated carbocycles. The molecule has 1 rings (SSSR count). The summed E-state index contributed by atoms with van der Waals surface area (Å²) >= 11 is 2.27. The number of halogens is 1. The Labute approximate surface area is 71.9 Å². The Morgan fingerprint density at radius 3 is 1.78 bits per heavy atom. The second-order valence-electron chi connectivity index (χ2n) is 1.32. The van der Waals surface area contributed by atoms with Crippen LogP contribution < -0.4 is 11.5 Å². The van der Waals surface area contributed by atoms with Gasteiger partial charge in [0.2, 0.25) is 0 Å². The molecule has 0 bridgehead atoms. The van der Waals surface area contributed by atoms with Crippen LogP contribution in [-0.2, 0) is 0 Å². The molecule has 0 unspecified atom stereocenters. The van der Waals surface area contributed by atoms with Crippen LogP contribution in [0.1, 0.15) is 0 Å². The summed E-state index contributed by atoms with van der Waals surface area (Å²) in [5.41, 5.74) is 11.2. The van der Waals surface area contributed by atoms with Crippen molar-refractivity contribution in [3.05, 3.63) is 3.03 Å². The average Bonchev–Trinajstić information content (AvgIpc) is 1.59. The average molecular weight is 288 g/mol. The summed E-state index contributed by atoms with van der Waals surface area (Å²) in [7, 11) is 3.35. The largest absolute Gasteiger partial charge is 0.295 e. The van der Waals surface area contributed by atoms with Crippen LogP contribution in [-0.4, -0.2) is 0 Å². The fourth-order valence-corrected chi connectivity index (χ4v) is 6.90. The lowest BCUT2D eigenvalue weighted by atomic mass is 11.5. The van der Waals surface area contributed by atoms with Crippen molar-refractivity contribution in [1.82, 2.24) is 0 Å². The predicted octanol–water partition coefficient (Wildman–Crippen LogP) is 3.20. The summed E-state index contributed by atoms with van der Waals surface area (Å²) < 4.78 is 1.29. The van der Waals surface area contributed by atoms with Crippen molar-refractivity contribution in [1.29, 1.82) is 0 Å². The Hall–Kier alpha value is 1.16. The minimum absolute atomic E-state index is 0.940. The van der Waals surface area contributed by atoms with E-state index in [0.29, 0.717) is 0 Å². The first kappa shape index (κ1) is 8.26. The van der Waals surface area contributed by atoms with Crippen LogP contribution in [0.2, 0.25) is 0 Å². The van der Waals surface area contributed by atoms with Gasteiger partial charge < -0.3 is 0 Å². The second kappa shape index (κ2) is 3.52. The van der Waals surface area contributed by atoms with Crippen LogP contribution in [0.4, 0.5) is 10.3 Å². The lowest BCUT2D eigenvalue weighted by molar-refractivity contribution is 2.14. The molecular weight excluding hydrogens is 284 g/mol. The summed E-state index contributed by atoms with van der Waals surface area (Å²) in [5.74, 6) is 0. The van der Waals surface area contributed by atoms with Crippen molar-refractivity contribution in [2.75, 3.05) is 11.5 Å². The van der Waals surface area contributed by atoms with E-state index in [4.69, 9.17) is 11.5 Å². The molecule has 0 fully saturated rings. The monoisotopic (exact) mass is 288 g/mol. The molecule has 0 saturated heterocycles. The van der Waals surface area contributed by atoms with E-state index >= 15 is 0 Å². The first-order valence-electron chi connectivity index (χ1n) is 2.11. The number of nitrogens with two attached hydrogens (primary N) is 2. The number of anilines is 2. The first-order chi connectivity index (χ1) is 4.18. The SMILES string of the molecule is Nc1pc(N)pc(I)p1. The number of rotatable bonds is 0. The third kappa shape index (κ3) is 2.71. The summed E-state index contributed by atoms with van der Waals surface area (Å²) in [6.45, 7) is 0. The van der Waals surface area contributed by atoms with Crippen molar-refractivity contribution < 1.29 is 0 Å². The lowest BCUT2D eigenvalue weighted by Crippen LogP contribution is -1.77. The minimum Gasteiger partial charge on any atom is -0.295 e. The molecule has 6 heteroatoms. The Bertz CT molecular complexity index is 178. The molecule has 0 aliphatic carbocycles. The molecule has 1 heterocycles. The smallest absolute Gasteiger partial charge is 0.0710 e. The third-order valence-corrected chi connectivity index (χ3v) is 5.18. The van der Waals surface area contributed by atoms with Crippen molar-refractivity contribution in [3.63, 3.8) is 0 Å². The quantitative estimate of drug-likeness (QED) is 0.720. The van der Waals surface area contributed by atoms with Crippen LogP contribution in [0.25, 0.3) is 0 Å². The fourth-order valence-electron chi connectivity index (χ4n) is 0.381. The number of nitrogen functional groups attached to an aromatic ring is 2. The van der Waals surface area contributed by atoms with Crippen LogP contribution in [0.5, 0.6) is 0 Å². The van der Waals surface area contributed by atoms with Crippen molar-refractivity contribution >= 4 is 57.5 Å². The van der Waals surface area contributed by atoms with E-state index in [9.17, 15) is 0 Å². The van der Waals surface area contributed by atoms with Gasteiger partial charge in [0.15, 0.2) is 0 Å². The van der Waals surface area contributed by atoms with Gasteiger partial charge in [0.05, 0.1) is 13.3 Å². The molecule has 4 N–H and O–H groups in total. The zero-order chi connectivity index (χ0) is 6.85. The lowest BCUT2D eigenvalue weighted by Gasteiger charge is -1.92. The van der Waals surface area contributed by atoms with Gasteiger partial charge in [-0.25, -0.2) is 0 Å². The molecule has 9 heavy (non-hydrogen) atoms. The highest BCUT2D eigenvalue weighted by molar-refractivity contribution is 14.1. The van der Waals surface area contributed by atoms with Gasteiger partial charge in [-0.1, -0.05) is 0 Å². The maximum Gasteiger partial charge on any atom is 0.0710 e. The van der Waals surface area contributed by atoms with E-state index < -0.39 is 0 Å². The van der Waals surface area contributed by atoms with Crippen molar-refractivity contribution in [2.24, 2.45) is 0 Å². The molecule has 48 valence electrons. The fraction of sp³-hybridized carbons (Fsp3) is 0. The molecule has 0 spiro atoms. The van der Waals surface area contributed by atoms with E-state index in [1.165, 1.54) is 3.03 Å². The van der Waals surface area contributed by atoms with E-state index in [2.05, 4.69) is 22.6 Å². The maximum absolute atomic E-state index is 5.58. The Morgan fingerprint density at radius 1 is 1.00 bits per heavy atom. The summed E-state index contributed by atoms with van der Waals surface area (Å²) in [4.78, 5) is 0. The topological polar surface area (TPSA) is 52.0 Å². The zero-order valence-corrected chi connectivity index (χ0v) is 9.22. The van der Waals surface area contributed by atoms with Gasteiger partial charge in [-0.15, -0.1) is 0 Å². The van der Waals surface area contributed by atoms with Gasteiger partial charge in [0, 0.05) is 0 Å². The highest BCUT2D eigenvalue weighted by Gasteiger charge is 1.92. The number of hydrogen-bond acceptors (Lipinski definition) is 2. The zero-order valence-electron chi connectivity index (χ0n) is 4.37. The molecule has 0 atom stereocenters. The standard InChI is InChI=1S/C3H4IN2P3/c4-1-7-2(5)9-3(6)8-1/h5-6H2. The minimum atomic E-state index is 0.940. The highest BCUT2D eigenvalue weighted by Crippen LogP contribution is 2.43. The van der Waals surface area contributed by atoms with Gasteiger partial charge in [0.1, 0.15) is 0 Å². The maximum atomic E-state index is 5.58. The molecular formula is C3H4IN2P3. The Balaban J connectivity index is 3.17. The summed E-state index contributed by atoms with van der Waals surface area (Å²) in [6.07, 6.45) is 0.